The third-order valence-electron chi connectivity index (χ3n) is 2.09. The van der Waals surface area contributed by atoms with Crippen molar-refractivity contribution in [1.82, 2.24) is 4.98 Å². The van der Waals surface area contributed by atoms with Gasteiger partial charge in [0.25, 0.3) is 0 Å². The first-order valence-corrected chi connectivity index (χ1v) is 4.92. The first-order chi connectivity index (χ1) is 7.29. The Morgan fingerprint density at radius 2 is 2.40 bits per heavy atom. The standard InChI is InChI=1S/C11H12N2O2/c1-2-3-11(14)13-8-4-5-10-9(6-8)12-7-15-10/h4-7H,2-3H2,1H3,(H,13,14). The first-order valence-electron chi connectivity index (χ1n) is 4.92. The van der Waals surface area contributed by atoms with Crippen LogP contribution in [0.15, 0.2) is 29.0 Å². The van der Waals surface area contributed by atoms with Crippen molar-refractivity contribution in [2.24, 2.45) is 0 Å². The number of rotatable bonds is 3. The van der Waals surface area contributed by atoms with Crippen LogP contribution in [0.1, 0.15) is 19.8 Å². The lowest BCUT2D eigenvalue weighted by molar-refractivity contribution is -0.116. The van der Waals surface area contributed by atoms with E-state index < -0.39 is 0 Å². The highest BCUT2D eigenvalue weighted by Gasteiger charge is 2.03. The molecular weight excluding hydrogens is 192 g/mol. The van der Waals surface area contributed by atoms with E-state index >= 15 is 0 Å². The van der Waals surface area contributed by atoms with Gasteiger partial charge in [-0.05, 0) is 24.6 Å². The molecule has 2 rings (SSSR count). The Morgan fingerprint density at radius 1 is 1.53 bits per heavy atom. The van der Waals surface area contributed by atoms with Gasteiger partial charge in [-0.25, -0.2) is 4.98 Å². The van der Waals surface area contributed by atoms with Gasteiger partial charge < -0.3 is 9.73 Å². The highest BCUT2D eigenvalue weighted by Crippen LogP contribution is 2.17. The topological polar surface area (TPSA) is 55.1 Å². The molecule has 1 aromatic heterocycles. The van der Waals surface area contributed by atoms with Crippen LogP contribution >= 0.6 is 0 Å². The molecule has 0 aliphatic carbocycles. The number of carbonyl (C=O) groups excluding carboxylic acids is 1. The minimum atomic E-state index is 0.0281. The molecule has 4 nitrogen and oxygen atoms in total. The minimum Gasteiger partial charge on any atom is -0.443 e. The number of fused-ring (bicyclic) bond motifs is 1. The molecule has 0 aliphatic rings. The SMILES string of the molecule is CCCC(=O)Nc1ccc2ocnc2c1. The number of carbonyl (C=O) groups is 1. The third kappa shape index (κ3) is 2.15. The van der Waals surface area contributed by atoms with Crippen LogP contribution in [0.4, 0.5) is 5.69 Å². The van der Waals surface area contributed by atoms with E-state index in [2.05, 4.69) is 10.3 Å². The highest BCUT2D eigenvalue weighted by atomic mass is 16.3. The lowest BCUT2D eigenvalue weighted by Crippen LogP contribution is -2.10. The van der Waals surface area contributed by atoms with Gasteiger partial charge in [-0.1, -0.05) is 6.92 Å². The van der Waals surface area contributed by atoms with Crippen molar-refractivity contribution in [3.63, 3.8) is 0 Å². The second-order valence-corrected chi connectivity index (χ2v) is 3.33. The van der Waals surface area contributed by atoms with Crippen molar-refractivity contribution in [2.75, 3.05) is 5.32 Å². The van der Waals surface area contributed by atoms with Crippen molar-refractivity contribution in [2.45, 2.75) is 19.8 Å². The lowest BCUT2D eigenvalue weighted by atomic mass is 10.2. The number of amides is 1. The molecule has 0 aliphatic heterocycles. The summed E-state index contributed by atoms with van der Waals surface area (Å²) in [5.74, 6) is 0.0281. The second-order valence-electron chi connectivity index (χ2n) is 3.33. The molecule has 15 heavy (non-hydrogen) atoms. The molecular formula is C11H12N2O2. The summed E-state index contributed by atoms with van der Waals surface area (Å²) in [5.41, 5.74) is 2.24. The van der Waals surface area contributed by atoms with E-state index in [1.165, 1.54) is 6.39 Å². The van der Waals surface area contributed by atoms with Crippen LogP contribution in [0.3, 0.4) is 0 Å². The van der Waals surface area contributed by atoms with Crippen LogP contribution in [0.2, 0.25) is 0 Å². The van der Waals surface area contributed by atoms with Crippen LogP contribution in [-0.2, 0) is 4.79 Å². The number of hydrogen-bond donors (Lipinski definition) is 1. The number of nitrogens with zero attached hydrogens (tertiary/aromatic N) is 1. The number of nitrogens with one attached hydrogen (secondary N) is 1. The minimum absolute atomic E-state index is 0.0281. The number of aromatic nitrogens is 1. The molecule has 4 heteroatoms. The molecule has 0 radical (unpaired) electrons. The number of oxazole rings is 1. The van der Waals surface area contributed by atoms with Crippen LogP contribution in [0, 0.1) is 0 Å². The summed E-state index contributed by atoms with van der Waals surface area (Å²) in [7, 11) is 0. The predicted molar refractivity (Wildman–Crippen MR) is 57.5 cm³/mol. The molecule has 1 aromatic carbocycles. The molecule has 0 saturated heterocycles. The molecule has 2 aromatic rings. The Bertz CT molecular complexity index is 476. The fraction of sp³-hybridized carbons (Fsp3) is 0.273. The largest absolute Gasteiger partial charge is 0.443 e. The molecule has 0 unspecified atom stereocenters. The highest BCUT2D eigenvalue weighted by molar-refractivity contribution is 5.92. The second kappa shape index (κ2) is 4.13. The van der Waals surface area contributed by atoms with Crippen molar-refractivity contribution < 1.29 is 9.21 Å². The normalized spacial score (nSPS) is 10.5. The van der Waals surface area contributed by atoms with E-state index in [4.69, 9.17) is 4.42 Å². The van der Waals surface area contributed by atoms with Crippen LogP contribution in [-0.4, -0.2) is 10.9 Å². The monoisotopic (exact) mass is 204 g/mol. The predicted octanol–water partition coefficient (Wildman–Crippen LogP) is 2.57. The van der Waals surface area contributed by atoms with Crippen molar-refractivity contribution in [1.29, 1.82) is 0 Å². The van der Waals surface area contributed by atoms with E-state index in [0.717, 1.165) is 23.2 Å². The number of benzene rings is 1. The average Bonchev–Trinajstić information content (AvgIpc) is 2.65. The molecule has 0 saturated carbocycles. The summed E-state index contributed by atoms with van der Waals surface area (Å²) in [6.45, 7) is 1.97. The zero-order chi connectivity index (χ0) is 10.7. The van der Waals surface area contributed by atoms with E-state index in [1.807, 2.05) is 6.92 Å². The zero-order valence-corrected chi connectivity index (χ0v) is 8.49. The quantitative estimate of drug-likeness (QED) is 0.835. The molecule has 1 amide bonds. The van der Waals surface area contributed by atoms with Crippen LogP contribution < -0.4 is 5.32 Å². The van der Waals surface area contributed by atoms with E-state index in [1.54, 1.807) is 18.2 Å². The fourth-order valence-electron chi connectivity index (χ4n) is 1.39. The van der Waals surface area contributed by atoms with Gasteiger partial charge in [0.05, 0.1) is 0 Å². The van der Waals surface area contributed by atoms with Gasteiger partial charge in [0, 0.05) is 12.1 Å². The molecule has 1 N–H and O–H groups in total. The Kier molecular flexibility index (Phi) is 2.67. The summed E-state index contributed by atoms with van der Waals surface area (Å²) in [4.78, 5) is 15.3. The first kappa shape index (κ1) is 9.71. The van der Waals surface area contributed by atoms with Gasteiger partial charge in [-0.2, -0.15) is 0 Å². The lowest BCUT2D eigenvalue weighted by Gasteiger charge is -2.02. The Balaban J connectivity index is 2.17. The van der Waals surface area contributed by atoms with Gasteiger partial charge in [-0.3, -0.25) is 4.79 Å². The number of hydrogen-bond acceptors (Lipinski definition) is 3. The summed E-state index contributed by atoms with van der Waals surface area (Å²) in [5, 5.41) is 2.80. The van der Waals surface area contributed by atoms with Gasteiger partial charge in [0.1, 0.15) is 5.52 Å². The van der Waals surface area contributed by atoms with Crippen LogP contribution in [0.5, 0.6) is 0 Å². The molecule has 0 atom stereocenters. The van der Waals surface area contributed by atoms with E-state index in [9.17, 15) is 4.79 Å². The maximum Gasteiger partial charge on any atom is 0.224 e. The summed E-state index contributed by atoms with van der Waals surface area (Å²) in [6.07, 6.45) is 2.78. The Hall–Kier alpha value is -1.84. The van der Waals surface area contributed by atoms with Gasteiger partial charge in [0.2, 0.25) is 5.91 Å². The third-order valence-corrected chi connectivity index (χ3v) is 2.09. The Morgan fingerprint density at radius 3 is 3.20 bits per heavy atom. The zero-order valence-electron chi connectivity index (χ0n) is 8.49. The molecule has 0 fully saturated rings. The van der Waals surface area contributed by atoms with Crippen molar-refractivity contribution in [3.05, 3.63) is 24.6 Å². The summed E-state index contributed by atoms with van der Waals surface area (Å²) < 4.78 is 5.10. The molecule has 0 spiro atoms. The molecule has 1 heterocycles. The number of anilines is 1. The van der Waals surface area contributed by atoms with E-state index in [0.29, 0.717) is 6.42 Å². The maximum absolute atomic E-state index is 11.3. The van der Waals surface area contributed by atoms with Crippen molar-refractivity contribution >= 4 is 22.7 Å². The maximum atomic E-state index is 11.3. The van der Waals surface area contributed by atoms with Gasteiger partial charge in [0.15, 0.2) is 12.0 Å². The van der Waals surface area contributed by atoms with E-state index in [-0.39, 0.29) is 5.91 Å². The van der Waals surface area contributed by atoms with Gasteiger partial charge >= 0.3 is 0 Å². The molecule has 0 bridgehead atoms. The van der Waals surface area contributed by atoms with Crippen LogP contribution in [0.25, 0.3) is 11.1 Å². The Labute approximate surface area is 87.3 Å². The molecule has 78 valence electrons. The smallest absolute Gasteiger partial charge is 0.224 e. The summed E-state index contributed by atoms with van der Waals surface area (Å²) in [6, 6.07) is 5.40. The van der Waals surface area contributed by atoms with Gasteiger partial charge in [-0.15, -0.1) is 0 Å². The van der Waals surface area contributed by atoms with Crippen molar-refractivity contribution in [3.8, 4) is 0 Å². The fourth-order valence-corrected chi connectivity index (χ4v) is 1.39. The summed E-state index contributed by atoms with van der Waals surface area (Å²) >= 11 is 0. The average molecular weight is 204 g/mol.